The zero-order valence-corrected chi connectivity index (χ0v) is 18.4. The molecule has 0 bridgehead atoms. The summed E-state index contributed by atoms with van der Waals surface area (Å²) in [6, 6.07) is 19.0. The molecule has 0 aromatic heterocycles. The van der Waals surface area contributed by atoms with Gasteiger partial charge in [-0.1, -0.05) is 77.1 Å². The fraction of sp³-hybridized carbons (Fsp3) is 0.520. The normalized spacial score (nSPS) is 14.1. The third kappa shape index (κ3) is 8.04. The third-order valence-corrected chi connectivity index (χ3v) is 4.66. The van der Waals surface area contributed by atoms with Gasteiger partial charge in [-0.3, -0.25) is 0 Å². The smallest absolute Gasteiger partial charge is 0.200 e. The first-order valence-corrected chi connectivity index (χ1v) is 10.4. The van der Waals surface area contributed by atoms with E-state index in [4.69, 9.17) is 9.47 Å². The van der Waals surface area contributed by atoms with Crippen LogP contribution in [0.1, 0.15) is 64.6 Å². The van der Waals surface area contributed by atoms with Gasteiger partial charge in [0.05, 0.1) is 6.61 Å². The Hall–Kier alpha value is -1.84. The van der Waals surface area contributed by atoms with Crippen molar-refractivity contribution in [3.63, 3.8) is 0 Å². The van der Waals surface area contributed by atoms with Crippen LogP contribution in [0.25, 0.3) is 0 Å². The molecule has 0 heterocycles. The highest BCUT2D eigenvalue weighted by molar-refractivity contribution is 5.29. The molecule has 2 rings (SSSR count). The predicted octanol–water partition coefficient (Wildman–Crippen LogP) is 6.35. The molecule has 0 spiro atoms. The summed E-state index contributed by atoms with van der Waals surface area (Å²) in [5, 5.41) is 3.41. The van der Waals surface area contributed by atoms with Crippen LogP contribution >= 0.6 is 0 Å². The van der Waals surface area contributed by atoms with Crippen molar-refractivity contribution in [2.75, 3.05) is 7.05 Å². The van der Waals surface area contributed by atoms with E-state index >= 15 is 0 Å². The first-order valence-electron chi connectivity index (χ1n) is 10.4. The molecule has 0 radical (unpaired) electrons. The Labute approximate surface area is 171 Å². The Bertz CT molecular complexity index is 674. The summed E-state index contributed by atoms with van der Waals surface area (Å²) < 4.78 is 12.3. The average molecular weight is 384 g/mol. The second-order valence-corrected chi connectivity index (χ2v) is 9.15. The lowest BCUT2D eigenvalue weighted by Crippen LogP contribution is -2.26. The Kier molecular flexibility index (Phi) is 8.53. The molecule has 0 aliphatic rings. The SMILES string of the molecule is CNC(CC(C)C)c1ccc(OC(CC(C)(C)C)OCc2ccccc2)cc1. The van der Waals surface area contributed by atoms with E-state index < -0.39 is 0 Å². The number of nitrogens with one attached hydrogen (secondary N) is 1. The highest BCUT2D eigenvalue weighted by Gasteiger charge is 2.21. The maximum atomic E-state index is 6.22. The summed E-state index contributed by atoms with van der Waals surface area (Å²) in [6.45, 7) is 11.7. The Balaban J connectivity index is 2.03. The quantitative estimate of drug-likeness (QED) is 0.485. The van der Waals surface area contributed by atoms with E-state index in [0.717, 1.165) is 24.2 Å². The zero-order valence-electron chi connectivity index (χ0n) is 18.4. The van der Waals surface area contributed by atoms with Gasteiger partial charge in [0.2, 0.25) is 6.29 Å². The van der Waals surface area contributed by atoms with Crippen LogP contribution in [0.3, 0.4) is 0 Å². The molecule has 2 atom stereocenters. The Morgan fingerprint density at radius 3 is 2.11 bits per heavy atom. The van der Waals surface area contributed by atoms with Crippen LogP contribution in [0.4, 0.5) is 0 Å². The molecule has 0 aliphatic carbocycles. The van der Waals surface area contributed by atoms with Crippen LogP contribution in [-0.4, -0.2) is 13.3 Å². The van der Waals surface area contributed by atoms with E-state index in [2.05, 4.69) is 76.3 Å². The summed E-state index contributed by atoms with van der Waals surface area (Å²) in [5.74, 6) is 1.50. The topological polar surface area (TPSA) is 30.5 Å². The number of hydrogen-bond donors (Lipinski definition) is 1. The highest BCUT2D eigenvalue weighted by Crippen LogP contribution is 2.27. The minimum absolute atomic E-state index is 0.121. The van der Waals surface area contributed by atoms with E-state index in [0.29, 0.717) is 18.6 Å². The summed E-state index contributed by atoms with van der Waals surface area (Å²) in [6.07, 6.45) is 1.67. The number of hydrogen-bond acceptors (Lipinski definition) is 3. The number of benzene rings is 2. The van der Waals surface area contributed by atoms with E-state index in [1.807, 2.05) is 25.2 Å². The molecule has 2 aromatic rings. The standard InChI is InChI=1S/C25H37NO2/c1-19(2)16-23(26-6)21-12-14-22(15-13-21)28-24(17-25(3,4)5)27-18-20-10-8-7-9-11-20/h7-15,19,23-24,26H,16-18H2,1-6H3. The minimum Gasteiger partial charge on any atom is -0.465 e. The fourth-order valence-corrected chi connectivity index (χ4v) is 3.22. The number of ether oxygens (including phenoxy) is 2. The maximum absolute atomic E-state index is 6.22. The van der Waals surface area contributed by atoms with Crippen LogP contribution in [0, 0.1) is 11.3 Å². The monoisotopic (exact) mass is 383 g/mol. The summed E-state index contributed by atoms with van der Waals surface area (Å²) in [4.78, 5) is 0. The molecule has 3 heteroatoms. The third-order valence-electron chi connectivity index (χ3n) is 4.66. The van der Waals surface area contributed by atoms with Crippen molar-refractivity contribution in [2.24, 2.45) is 11.3 Å². The van der Waals surface area contributed by atoms with Gasteiger partial charge in [-0.15, -0.1) is 0 Å². The minimum atomic E-state index is -0.276. The van der Waals surface area contributed by atoms with E-state index in [1.165, 1.54) is 5.56 Å². The summed E-state index contributed by atoms with van der Waals surface area (Å²) in [7, 11) is 2.02. The highest BCUT2D eigenvalue weighted by atomic mass is 16.7. The molecule has 0 aliphatic heterocycles. The van der Waals surface area contributed by atoms with Crippen LogP contribution in [0.5, 0.6) is 5.75 Å². The predicted molar refractivity (Wildman–Crippen MR) is 117 cm³/mol. The van der Waals surface area contributed by atoms with Crippen LogP contribution < -0.4 is 10.1 Å². The van der Waals surface area contributed by atoms with E-state index in [1.54, 1.807) is 0 Å². The molecule has 3 nitrogen and oxygen atoms in total. The van der Waals surface area contributed by atoms with Crippen molar-refractivity contribution >= 4 is 0 Å². The van der Waals surface area contributed by atoms with Crippen LogP contribution in [-0.2, 0) is 11.3 Å². The van der Waals surface area contributed by atoms with Gasteiger partial charge in [0, 0.05) is 12.5 Å². The lowest BCUT2D eigenvalue weighted by atomic mass is 9.92. The molecule has 154 valence electrons. The van der Waals surface area contributed by atoms with Gasteiger partial charge in [-0.05, 0) is 48.1 Å². The number of rotatable bonds is 10. The lowest BCUT2D eigenvalue weighted by Gasteiger charge is -2.27. The van der Waals surface area contributed by atoms with E-state index in [-0.39, 0.29) is 11.7 Å². The molecule has 28 heavy (non-hydrogen) atoms. The first-order chi connectivity index (χ1) is 13.3. The first kappa shape index (κ1) is 22.4. The fourth-order valence-electron chi connectivity index (χ4n) is 3.22. The molecule has 0 amide bonds. The molecule has 0 saturated heterocycles. The summed E-state index contributed by atoms with van der Waals surface area (Å²) >= 11 is 0. The second-order valence-electron chi connectivity index (χ2n) is 9.15. The van der Waals surface area contributed by atoms with Crippen molar-refractivity contribution in [1.82, 2.24) is 5.32 Å². The average Bonchev–Trinajstić information content (AvgIpc) is 2.64. The molecule has 2 aromatic carbocycles. The lowest BCUT2D eigenvalue weighted by molar-refractivity contribution is -0.108. The van der Waals surface area contributed by atoms with Crippen LogP contribution in [0.15, 0.2) is 54.6 Å². The molecular formula is C25H37NO2. The van der Waals surface area contributed by atoms with Gasteiger partial charge in [0.15, 0.2) is 0 Å². The van der Waals surface area contributed by atoms with Crippen molar-refractivity contribution in [3.8, 4) is 5.75 Å². The molecule has 1 N–H and O–H groups in total. The largest absolute Gasteiger partial charge is 0.465 e. The maximum Gasteiger partial charge on any atom is 0.200 e. The molecular weight excluding hydrogens is 346 g/mol. The molecule has 2 unspecified atom stereocenters. The van der Waals surface area contributed by atoms with Gasteiger partial charge in [0.1, 0.15) is 5.75 Å². The Morgan fingerprint density at radius 1 is 0.929 bits per heavy atom. The van der Waals surface area contributed by atoms with Gasteiger partial charge in [-0.25, -0.2) is 0 Å². The molecule has 0 saturated carbocycles. The van der Waals surface area contributed by atoms with Gasteiger partial charge in [-0.2, -0.15) is 0 Å². The van der Waals surface area contributed by atoms with Crippen molar-refractivity contribution < 1.29 is 9.47 Å². The van der Waals surface area contributed by atoms with Gasteiger partial charge in [0.25, 0.3) is 0 Å². The Morgan fingerprint density at radius 2 is 1.57 bits per heavy atom. The van der Waals surface area contributed by atoms with Gasteiger partial charge >= 0.3 is 0 Å². The van der Waals surface area contributed by atoms with Gasteiger partial charge < -0.3 is 14.8 Å². The molecule has 0 fully saturated rings. The second kappa shape index (κ2) is 10.6. The van der Waals surface area contributed by atoms with Crippen molar-refractivity contribution in [1.29, 1.82) is 0 Å². The van der Waals surface area contributed by atoms with Crippen LogP contribution in [0.2, 0.25) is 0 Å². The zero-order chi connectivity index (χ0) is 20.6. The van der Waals surface area contributed by atoms with Crippen molar-refractivity contribution in [2.45, 2.75) is 66.4 Å². The van der Waals surface area contributed by atoms with Crippen molar-refractivity contribution in [3.05, 3.63) is 65.7 Å². The van der Waals surface area contributed by atoms with E-state index in [9.17, 15) is 0 Å². The summed E-state index contributed by atoms with van der Waals surface area (Å²) in [5.41, 5.74) is 2.57.